The third-order valence-corrected chi connectivity index (χ3v) is 4.38. The van der Waals surface area contributed by atoms with Crippen molar-refractivity contribution >= 4 is 11.6 Å². The number of benzene rings is 2. The topological polar surface area (TPSA) is 56.8 Å². The van der Waals surface area contributed by atoms with E-state index in [1.807, 2.05) is 6.07 Å². The predicted molar refractivity (Wildman–Crippen MR) is 101 cm³/mol. The molecule has 2 aromatic rings. The van der Waals surface area contributed by atoms with Crippen molar-refractivity contribution < 1.29 is 32.2 Å². The number of halogens is 3. The zero-order valence-corrected chi connectivity index (χ0v) is 15.7. The van der Waals surface area contributed by atoms with E-state index in [9.17, 15) is 18.0 Å². The van der Waals surface area contributed by atoms with Crippen molar-refractivity contribution in [2.45, 2.75) is 38.1 Å². The number of anilines is 1. The minimum atomic E-state index is -4.74. The Bertz CT molecular complexity index is 802. The molecule has 0 saturated carbocycles. The lowest BCUT2D eigenvalue weighted by Crippen LogP contribution is -2.26. The number of ether oxygens (including phenoxy) is 3. The van der Waals surface area contributed by atoms with Crippen LogP contribution in [-0.2, 0) is 16.0 Å². The molecule has 0 radical (unpaired) electrons. The smallest absolute Gasteiger partial charge is 0.489 e. The quantitative estimate of drug-likeness (QED) is 0.719. The van der Waals surface area contributed by atoms with E-state index in [0.717, 1.165) is 25.9 Å². The first-order valence-electron chi connectivity index (χ1n) is 9.37. The van der Waals surface area contributed by atoms with Crippen molar-refractivity contribution in [1.82, 2.24) is 0 Å². The summed E-state index contributed by atoms with van der Waals surface area (Å²) in [6.07, 6.45) is -1.57. The Morgan fingerprint density at radius 1 is 1.10 bits per heavy atom. The highest BCUT2D eigenvalue weighted by atomic mass is 19.4. The molecule has 0 bridgehead atoms. The van der Waals surface area contributed by atoms with Crippen LogP contribution in [0.4, 0.5) is 18.9 Å². The van der Waals surface area contributed by atoms with Gasteiger partial charge in [-0.3, -0.25) is 4.79 Å². The molecule has 1 amide bonds. The maximum absolute atomic E-state index is 12.4. The van der Waals surface area contributed by atoms with Crippen LogP contribution in [0.15, 0.2) is 48.5 Å². The summed E-state index contributed by atoms with van der Waals surface area (Å²) in [6.45, 7) is 1.15. The maximum Gasteiger partial charge on any atom is 0.573 e. The van der Waals surface area contributed by atoms with Crippen LogP contribution in [0.3, 0.4) is 0 Å². The molecular weight excluding hydrogens is 387 g/mol. The first kappa shape index (κ1) is 21.0. The summed E-state index contributed by atoms with van der Waals surface area (Å²) in [5.74, 6) is -0.0891. The van der Waals surface area contributed by atoms with Crippen LogP contribution in [0.2, 0.25) is 0 Å². The molecule has 1 unspecified atom stereocenters. The second-order valence-corrected chi connectivity index (χ2v) is 6.71. The van der Waals surface area contributed by atoms with Gasteiger partial charge in [0.25, 0.3) is 0 Å². The third kappa shape index (κ3) is 6.98. The highest BCUT2D eigenvalue weighted by Crippen LogP contribution is 2.26. The minimum absolute atomic E-state index is 0.00632. The Morgan fingerprint density at radius 3 is 2.55 bits per heavy atom. The second kappa shape index (κ2) is 9.65. The molecule has 1 aliphatic rings. The van der Waals surface area contributed by atoms with Gasteiger partial charge in [0.1, 0.15) is 18.1 Å². The Hall–Kier alpha value is -2.74. The molecule has 3 rings (SSSR count). The number of para-hydroxylation sites is 2. The van der Waals surface area contributed by atoms with E-state index in [4.69, 9.17) is 9.47 Å². The van der Waals surface area contributed by atoms with Crippen molar-refractivity contribution in [3.8, 4) is 11.5 Å². The van der Waals surface area contributed by atoms with E-state index < -0.39 is 6.36 Å². The number of hydrogen-bond donors (Lipinski definition) is 1. The molecule has 1 saturated heterocycles. The van der Waals surface area contributed by atoms with E-state index >= 15 is 0 Å². The Labute approximate surface area is 166 Å². The molecule has 0 spiro atoms. The number of carbonyl (C=O) groups is 1. The Morgan fingerprint density at radius 2 is 1.86 bits per heavy atom. The monoisotopic (exact) mass is 409 g/mol. The van der Waals surface area contributed by atoms with Gasteiger partial charge in [-0.05, 0) is 49.1 Å². The van der Waals surface area contributed by atoms with Gasteiger partial charge < -0.3 is 19.5 Å². The molecule has 1 heterocycles. The number of nitrogens with one attached hydrogen (secondary N) is 1. The fourth-order valence-corrected chi connectivity index (χ4v) is 3.01. The molecule has 2 aromatic carbocycles. The van der Waals surface area contributed by atoms with E-state index in [0.29, 0.717) is 23.6 Å². The van der Waals surface area contributed by atoms with E-state index in [1.165, 1.54) is 24.3 Å². The van der Waals surface area contributed by atoms with Gasteiger partial charge in [0.2, 0.25) is 5.91 Å². The van der Waals surface area contributed by atoms with E-state index in [-0.39, 0.29) is 24.2 Å². The fraction of sp³-hybridized carbons (Fsp3) is 0.381. The molecule has 1 N–H and O–H groups in total. The normalized spacial score (nSPS) is 16.9. The highest BCUT2D eigenvalue weighted by Gasteiger charge is 2.31. The van der Waals surface area contributed by atoms with Crippen LogP contribution in [0.25, 0.3) is 0 Å². The Kier molecular flexibility index (Phi) is 6.98. The largest absolute Gasteiger partial charge is 0.573 e. The number of rotatable bonds is 7. The molecule has 1 fully saturated rings. The fourth-order valence-electron chi connectivity index (χ4n) is 3.01. The molecule has 8 heteroatoms. The van der Waals surface area contributed by atoms with Gasteiger partial charge in [-0.2, -0.15) is 0 Å². The number of amides is 1. The lowest BCUT2D eigenvalue weighted by Gasteiger charge is -2.23. The lowest BCUT2D eigenvalue weighted by molar-refractivity contribution is -0.274. The molecule has 156 valence electrons. The first-order chi connectivity index (χ1) is 13.9. The van der Waals surface area contributed by atoms with Gasteiger partial charge in [-0.15, -0.1) is 13.2 Å². The second-order valence-electron chi connectivity index (χ2n) is 6.71. The van der Waals surface area contributed by atoms with Gasteiger partial charge in [0, 0.05) is 6.61 Å². The third-order valence-electron chi connectivity index (χ3n) is 4.38. The summed E-state index contributed by atoms with van der Waals surface area (Å²) in [7, 11) is 0. The predicted octanol–water partition coefficient (Wildman–Crippen LogP) is 4.71. The molecule has 0 aromatic heterocycles. The van der Waals surface area contributed by atoms with Crippen molar-refractivity contribution in [2.24, 2.45) is 0 Å². The van der Waals surface area contributed by atoms with E-state index in [2.05, 4.69) is 10.1 Å². The number of carbonyl (C=O) groups excluding carboxylic acids is 1. The van der Waals surface area contributed by atoms with Gasteiger partial charge in [0.15, 0.2) is 0 Å². The van der Waals surface area contributed by atoms with Gasteiger partial charge in [-0.1, -0.05) is 24.3 Å². The minimum Gasteiger partial charge on any atom is -0.489 e. The summed E-state index contributed by atoms with van der Waals surface area (Å²) in [5.41, 5.74) is 1.09. The average molecular weight is 409 g/mol. The summed E-state index contributed by atoms with van der Waals surface area (Å²) in [4.78, 5) is 12.4. The van der Waals surface area contributed by atoms with Gasteiger partial charge >= 0.3 is 6.36 Å². The molecule has 1 aliphatic heterocycles. The van der Waals surface area contributed by atoms with Crippen molar-refractivity contribution in [1.29, 1.82) is 0 Å². The van der Waals surface area contributed by atoms with Crippen molar-refractivity contribution in [2.75, 3.05) is 18.5 Å². The molecular formula is C21H22F3NO4. The molecule has 5 nitrogen and oxygen atoms in total. The highest BCUT2D eigenvalue weighted by molar-refractivity contribution is 5.93. The van der Waals surface area contributed by atoms with Gasteiger partial charge in [-0.25, -0.2) is 0 Å². The molecule has 1 atom stereocenters. The molecule has 0 aliphatic carbocycles. The summed E-state index contributed by atoms with van der Waals surface area (Å²) in [6, 6.07) is 12.3. The maximum atomic E-state index is 12.4. The Balaban J connectivity index is 1.55. The van der Waals surface area contributed by atoms with E-state index in [1.54, 1.807) is 18.2 Å². The van der Waals surface area contributed by atoms with Crippen LogP contribution in [0.1, 0.15) is 24.8 Å². The summed E-state index contributed by atoms with van der Waals surface area (Å²) < 4.78 is 51.9. The van der Waals surface area contributed by atoms with Crippen LogP contribution in [-0.4, -0.2) is 31.6 Å². The van der Waals surface area contributed by atoms with Crippen LogP contribution in [0.5, 0.6) is 11.5 Å². The zero-order chi connectivity index (χ0) is 20.7. The standard InChI is InChI=1S/C21H22F3NO4/c22-21(23,24)29-16-10-8-15(9-11-16)13-20(26)25-18-6-1-2-7-19(18)28-14-17-5-3-4-12-27-17/h1-2,6-11,17H,3-5,12-14H2,(H,25,26). The van der Waals surface area contributed by atoms with Crippen LogP contribution in [0, 0.1) is 0 Å². The van der Waals surface area contributed by atoms with Gasteiger partial charge in [0.05, 0.1) is 18.2 Å². The summed E-state index contributed by atoms with van der Waals surface area (Å²) >= 11 is 0. The number of alkyl halides is 3. The summed E-state index contributed by atoms with van der Waals surface area (Å²) in [5, 5.41) is 2.78. The number of hydrogen-bond acceptors (Lipinski definition) is 4. The lowest BCUT2D eigenvalue weighted by atomic mass is 10.1. The molecule has 29 heavy (non-hydrogen) atoms. The van der Waals surface area contributed by atoms with Crippen LogP contribution >= 0.6 is 0 Å². The SMILES string of the molecule is O=C(Cc1ccc(OC(F)(F)F)cc1)Nc1ccccc1OCC1CCCCO1. The van der Waals surface area contributed by atoms with Crippen molar-refractivity contribution in [3.63, 3.8) is 0 Å². The van der Waals surface area contributed by atoms with Crippen molar-refractivity contribution in [3.05, 3.63) is 54.1 Å². The first-order valence-corrected chi connectivity index (χ1v) is 9.37. The van der Waals surface area contributed by atoms with Crippen LogP contribution < -0.4 is 14.8 Å². The zero-order valence-electron chi connectivity index (χ0n) is 15.7. The average Bonchev–Trinajstić information content (AvgIpc) is 2.68.